The second kappa shape index (κ2) is 4.97. The molecule has 0 bridgehead atoms. The van der Waals surface area contributed by atoms with E-state index >= 15 is 0 Å². The lowest BCUT2D eigenvalue weighted by Crippen LogP contribution is -2.23. The monoisotopic (exact) mass is 287 g/mol. The summed E-state index contributed by atoms with van der Waals surface area (Å²) < 4.78 is 7.12. The summed E-state index contributed by atoms with van der Waals surface area (Å²) in [4.78, 5) is 11.6. The van der Waals surface area contributed by atoms with Gasteiger partial charge in [0.15, 0.2) is 0 Å². The summed E-state index contributed by atoms with van der Waals surface area (Å²) in [6, 6.07) is 0. The van der Waals surface area contributed by atoms with E-state index in [9.17, 15) is 4.79 Å². The Hall–Kier alpha value is -0.880. The number of aromatic nitrogens is 2. The van der Waals surface area contributed by atoms with E-state index in [2.05, 4.69) is 26.3 Å². The Morgan fingerprint density at radius 2 is 2.56 bits per heavy atom. The molecule has 16 heavy (non-hydrogen) atoms. The minimum absolute atomic E-state index is 0.132. The van der Waals surface area contributed by atoms with Crippen LogP contribution in [0.4, 0.5) is 5.69 Å². The van der Waals surface area contributed by atoms with E-state index in [1.807, 2.05) is 0 Å². The van der Waals surface area contributed by atoms with Crippen LogP contribution in [0, 0.1) is 5.92 Å². The van der Waals surface area contributed by atoms with Gasteiger partial charge >= 0.3 is 0 Å². The van der Waals surface area contributed by atoms with Crippen molar-refractivity contribution in [2.45, 2.75) is 6.42 Å². The normalized spacial score (nSPS) is 20.0. The van der Waals surface area contributed by atoms with Crippen LogP contribution in [0.25, 0.3) is 0 Å². The molecule has 0 aliphatic carbocycles. The van der Waals surface area contributed by atoms with E-state index in [1.54, 1.807) is 13.2 Å². The molecule has 2 rings (SSSR count). The van der Waals surface area contributed by atoms with Gasteiger partial charge in [0.25, 0.3) is 5.56 Å². The minimum Gasteiger partial charge on any atom is -0.382 e. The Kier molecular flexibility index (Phi) is 3.60. The predicted octanol–water partition coefficient (Wildman–Crippen LogP) is 0.991. The molecule has 0 radical (unpaired) electrons. The highest BCUT2D eigenvalue weighted by molar-refractivity contribution is 9.10. The number of nitrogens with one attached hydrogen (secondary N) is 1. The largest absolute Gasteiger partial charge is 0.382 e. The fraction of sp³-hybridized carbons (Fsp3) is 0.600. The van der Waals surface area contributed by atoms with Crippen molar-refractivity contribution in [1.29, 1.82) is 0 Å². The maximum absolute atomic E-state index is 11.6. The molecule has 1 saturated heterocycles. The first-order chi connectivity index (χ1) is 7.68. The van der Waals surface area contributed by atoms with Crippen molar-refractivity contribution in [1.82, 2.24) is 9.78 Å². The molecule has 88 valence electrons. The number of ether oxygens (including phenoxy) is 1. The smallest absolute Gasteiger partial charge is 0.282 e. The molecule has 1 aliphatic heterocycles. The van der Waals surface area contributed by atoms with Gasteiger partial charge in [-0.05, 0) is 22.4 Å². The van der Waals surface area contributed by atoms with E-state index in [0.717, 1.165) is 31.9 Å². The maximum atomic E-state index is 11.6. The SMILES string of the molecule is Cn1ncc(NCC2CCOC2)c(Br)c1=O. The zero-order chi connectivity index (χ0) is 11.5. The van der Waals surface area contributed by atoms with E-state index in [4.69, 9.17) is 4.74 Å². The highest BCUT2D eigenvalue weighted by Gasteiger charge is 2.16. The van der Waals surface area contributed by atoms with Gasteiger partial charge in [-0.2, -0.15) is 5.10 Å². The quantitative estimate of drug-likeness (QED) is 0.901. The Morgan fingerprint density at radius 3 is 3.25 bits per heavy atom. The molecule has 0 aromatic carbocycles. The number of hydrogen-bond acceptors (Lipinski definition) is 4. The summed E-state index contributed by atoms with van der Waals surface area (Å²) in [6.07, 6.45) is 2.73. The van der Waals surface area contributed by atoms with Gasteiger partial charge in [0.1, 0.15) is 4.47 Å². The molecule has 1 aromatic heterocycles. The van der Waals surface area contributed by atoms with Gasteiger partial charge in [0, 0.05) is 26.1 Å². The van der Waals surface area contributed by atoms with E-state index < -0.39 is 0 Å². The minimum atomic E-state index is -0.132. The third kappa shape index (κ3) is 2.44. The van der Waals surface area contributed by atoms with Gasteiger partial charge in [0.05, 0.1) is 18.5 Å². The fourth-order valence-electron chi connectivity index (χ4n) is 1.63. The number of anilines is 1. The predicted molar refractivity (Wildman–Crippen MR) is 64.6 cm³/mol. The molecule has 5 nitrogen and oxygen atoms in total. The summed E-state index contributed by atoms with van der Waals surface area (Å²) in [5, 5.41) is 7.19. The molecule has 0 spiro atoms. The van der Waals surface area contributed by atoms with E-state index in [-0.39, 0.29) is 5.56 Å². The van der Waals surface area contributed by atoms with Gasteiger partial charge in [-0.3, -0.25) is 4.79 Å². The number of hydrogen-bond donors (Lipinski definition) is 1. The Balaban J connectivity index is 2.04. The van der Waals surface area contributed by atoms with E-state index in [0.29, 0.717) is 10.4 Å². The van der Waals surface area contributed by atoms with Crippen molar-refractivity contribution in [3.05, 3.63) is 21.0 Å². The van der Waals surface area contributed by atoms with Gasteiger partial charge in [0.2, 0.25) is 0 Å². The summed E-state index contributed by atoms with van der Waals surface area (Å²) in [5.74, 6) is 0.524. The maximum Gasteiger partial charge on any atom is 0.282 e. The van der Waals surface area contributed by atoms with Crippen LogP contribution in [0.3, 0.4) is 0 Å². The molecular formula is C10H14BrN3O2. The van der Waals surface area contributed by atoms with Crippen molar-refractivity contribution in [3.63, 3.8) is 0 Å². The molecule has 1 unspecified atom stereocenters. The van der Waals surface area contributed by atoms with Crippen LogP contribution in [0.1, 0.15) is 6.42 Å². The van der Waals surface area contributed by atoms with Crippen molar-refractivity contribution in [2.75, 3.05) is 25.1 Å². The molecule has 0 saturated carbocycles. The molecule has 1 aliphatic rings. The lowest BCUT2D eigenvalue weighted by Gasteiger charge is -2.11. The third-order valence-corrected chi connectivity index (χ3v) is 3.45. The second-order valence-corrected chi connectivity index (χ2v) is 4.70. The second-order valence-electron chi connectivity index (χ2n) is 3.91. The Labute approximate surface area is 102 Å². The van der Waals surface area contributed by atoms with Crippen LogP contribution in [0.2, 0.25) is 0 Å². The number of rotatable bonds is 3. The van der Waals surface area contributed by atoms with E-state index in [1.165, 1.54) is 4.68 Å². The molecule has 1 aromatic rings. The zero-order valence-corrected chi connectivity index (χ0v) is 10.7. The van der Waals surface area contributed by atoms with Crippen LogP contribution in [-0.2, 0) is 11.8 Å². The van der Waals surface area contributed by atoms with Gasteiger partial charge in [-0.15, -0.1) is 0 Å². The van der Waals surface area contributed by atoms with Crippen LogP contribution in [0.5, 0.6) is 0 Å². The molecule has 6 heteroatoms. The molecule has 2 heterocycles. The molecular weight excluding hydrogens is 274 g/mol. The fourth-order valence-corrected chi connectivity index (χ4v) is 2.13. The van der Waals surface area contributed by atoms with Gasteiger partial charge < -0.3 is 10.1 Å². The van der Waals surface area contributed by atoms with Gasteiger partial charge in [-0.1, -0.05) is 0 Å². The summed E-state index contributed by atoms with van der Waals surface area (Å²) in [6.45, 7) is 2.44. The highest BCUT2D eigenvalue weighted by Crippen LogP contribution is 2.18. The average molecular weight is 288 g/mol. The lowest BCUT2D eigenvalue weighted by molar-refractivity contribution is 0.187. The standard InChI is InChI=1S/C10H14BrN3O2/c1-14-10(15)9(11)8(5-13-14)12-4-7-2-3-16-6-7/h5,7,12H,2-4,6H2,1H3. The molecule has 1 atom stereocenters. The van der Waals surface area contributed by atoms with Crippen molar-refractivity contribution in [2.24, 2.45) is 13.0 Å². The topological polar surface area (TPSA) is 56.1 Å². The zero-order valence-electron chi connectivity index (χ0n) is 9.07. The van der Waals surface area contributed by atoms with Crippen LogP contribution >= 0.6 is 15.9 Å². The molecule has 0 amide bonds. The van der Waals surface area contributed by atoms with Crippen molar-refractivity contribution >= 4 is 21.6 Å². The van der Waals surface area contributed by atoms with Crippen LogP contribution in [-0.4, -0.2) is 29.5 Å². The highest BCUT2D eigenvalue weighted by atomic mass is 79.9. The third-order valence-electron chi connectivity index (χ3n) is 2.68. The van der Waals surface area contributed by atoms with Crippen molar-refractivity contribution in [3.8, 4) is 0 Å². The molecule has 1 fully saturated rings. The Bertz CT molecular complexity index is 427. The first kappa shape index (κ1) is 11.6. The Morgan fingerprint density at radius 1 is 1.75 bits per heavy atom. The molecule has 1 N–H and O–H groups in total. The first-order valence-corrected chi connectivity index (χ1v) is 6.01. The summed E-state index contributed by atoms with van der Waals surface area (Å²) in [5.41, 5.74) is 0.614. The average Bonchev–Trinajstić information content (AvgIpc) is 2.78. The van der Waals surface area contributed by atoms with Crippen LogP contribution in [0.15, 0.2) is 15.5 Å². The number of nitrogens with zero attached hydrogens (tertiary/aromatic N) is 2. The summed E-state index contributed by atoms with van der Waals surface area (Å²) >= 11 is 3.27. The van der Waals surface area contributed by atoms with Crippen LogP contribution < -0.4 is 10.9 Å². The van der Waals surface area contributed by atoms with Gasteiger partial charge in [-0.25, -0.2) is 4.68 Å². The number of halogens is 1. The lowest BCUT2D eigenvalue weighted by atomic mass is 10.1. The first-order valence-electron chi connectivity index (χ1n) is 5.22. The number of aryl methyl sites for hydroxylation is 1. The summed E-state index contributed by atoms with van der Waals surface area (Å²) in [7, 11) is 1.63. The van der Waals surface area contributed by atoms with Crippen molar-refractivity contribution < 1.29 is 4.74 Å².